The van der Waals surface area contributed by atoms with Gasteiger partial charge in [0.1, 0.15) is 40.7 Å². The van der Waals surface area contributed by atoms with E-state index in [0.29, 0.717) is 0 Å². The molecule has 0 amide bonds. The summed E-state index contributed by atoms with van der Waals surface area (Å²) in [4.78, 5) is 5.27. The third-order valence-corrected chi connectivity index (χ3v) is 11.6. The van der Waals surface area contributed by atoms with E-state index in [-0.39, 0.29) is 12.3 Å². The predicted molar refractivity (Wildman–Crippen MR) is 210 cm³/mol. The van der Waals surface area contributed by atoms with Gasteiger partial charge in [0.05, 0.1) is 0 Å². The van der Waals surface area contributed by atoms with Crippen molar-refractivity contribution in [3.63, 3.8) is 0 Å². The van der Waals surface area contributed by atoms with E-state index in [2.05, 4.69) is 132 Å². The Bertz CT molecular complexity index is 2890. The molecule has 2 unspecified atom stereocenters. The molecular formula is C45H31N3O2S. The zero-order valence-electron chi connectivity index (χ0n) is 27.5. The number of aryl methyl sites for hydroxylation is 1. The van der Waals surface area contributed by atoms with Crippen molar-refractivity contribution in [2.45, 2.75) is 25.2 Å². The average Bonchev–Trinajstić information content (AvgIpc) is 3.89. The standard InChI is InChI=1S/C45H31N3O2S/c1-2-11-26(12-3-1)43-46-44(48-45(47-43)36-20-9-16-32-29-14-5-7-22-38(29)50-41(32)36)27-23-24-30-34-18-10-19-35(42(34)51-39(30)25-27)33-17-8-15-31-28-13-4-6-21-37(28)49-40(31)33/h1-6,8-21,23-25,44-45,48H,7,22H2,(H,46,47). The Balaban J connectivity index is 1.03. The lowest BCUT2D eigenvalue weighted by Gasteiger charge is -2.32. The molecule has 1 aliphatic carbocycles. The second-order valence-electron chi connectivity index (χ2n) is 13.4. The number of nitrogens with one attached hydrogen (secondary N) is 2. The largest absolute Gasteiger partial charge is 0.460 e. The monoisotopic (exact) mass is 677 g/mol. The summed E-state index contributed by atoms with van der Waals surface area (Å²) in [6.45, 7) is 0. The zero-order valence-corrected chi connectivity index (χ0v) is 28.3. The molecule has 51 heavy (non-hydrogen) atoms. The summed E-state index contributed by atoms with van der Waals surface area (Å²) < 4.78 is 15.5. The van der Waals surface area contributed by atoms with Crippen molar-refractivity contribution in [1.82, 2.24) is 10.6 Å². The summed E-state index contributed by atoms with van der Waals surface area (Å²) in [5.41, 5.74) is 9.53. The van der Waals surface area contributed by atoms with E-state index in [9.17, 15) is 0 Å². The molecule has 4 heterocycles. The van der Waals surface area contributed by atoms with Crippen LogP contribution in [0.2, 0.25) is 0 Å². The summed E-state index contributed by atoms with van der Waals surface area (Å²) in [6.07, 6.45) is 5.89. The summed E-state index contributed by atoms with van der Waals surface area (Å²) in [7, 11) is 0. The van der Waals surface area contributed by atoms with Crippen molar-refractivity contribution in [3.8, 4) is 11.1 Å². The lowest BCUT2D eigenvalue weighted by atomic mass is 9.99. The minimum absolute atomic E-state index is 0.211. The molecule has 9 aromatic rings. The lowest BCUT2D eigenvalue weighted by Crippen LogP contribution is -2.45. The first-order valence-corrected chi connectivity index (χ1v) is 18.3. The molecule has 244 valence electrons. The number of para-hydroxylation sites is 3. The highest BCUT2D eigenvalue weighted by molar-refractivity contribution is 7.26. The number of amidine groups is 1. The van der Waals surface area contributed by atoms with Crippen LogP contribution in [-0.2, 0) is 6.42 Å². The predicted octanol–water partition coefficient (Wildman–Crippen LogP) is 11.7. The zero-order chi connectivity index (χ0) is 33.5. The van der Waals surface area contributed by atoms with Crippen molar-refractivity contribution < 1.29 is 8.83 Å². The number of thiophene rings is 1. The van der Waals surface area contributed by atoms with Gasteiger partial charge < -0.3 is 14.2 Å². The highest BCUT2D eigenvalue weighted by atomic mass is 32.1. The Morgan fingerprint density at radius 3 is 2.41 bits per heavy atom. The van der Waals surface area contributed by atoms with Gasteiger partial charge in [0, 0.05) is 70.6 Å². The molecule has 2 atom stereocenters. The molecule has 1 aliphatic heterocycles. The molecule has 2 aliphatic rings. The summed E-state index contributed by atoms with van der Waals surface area (Å²) in [5, 5.41) is 13.5. The average molecular weight is 678 g/mol. The fourth-order valence-electron chi connectivity index (χ4n) is 8.01. The van der Waals surface area contributed by atoms with Crippen LogP contribution in [0.25, 0.3) is 70.3 Å². The van der Waals surface area contributed by atoms with E-state index < -0.39 is 0 Å². The molecule has 11 rings (SSSR count). The second-order valence-corrected chi connectivity index (χ2v) is 14.5. The van der Waals surface area contributed by atoms with Gasteiger partial charge in [0.25, 0.3) is 0 Å². The Morgan fingerprint density at radius 2 is 1.47 bits per heavy atom. The van der Waals surface area contributed by atoms with Crippen LogP contribution in [0.4, 0.5) is 0 Å². The first-order valence-electron chi connectivity index (χ1n) is 17.5. The van der Waals surface area contributed by atoms with Gasteiger partial charge in [-0.15, -0.1) is 11.3 Å². The van der Waals surface area contributed by atoms with Crippen LogP contribution in [0.1, 0.15) is 46.8 Å². The summed E-state index contributed by atoms with van der Waals surface area (Å²) in [6, 6.07) is 45.0. The van der Waals surface area contributed by atoms with E-state index >= 15 is 0 Å². The Labute approximate surface area is 297 Å². The number of fused-ring (bicyclic) bond motifs is 9. The number of benzene rings is 6. The first kappa shape index (κ1) is 28.8. The molecule has 0 saturated heterocycles. The second kappa shape index (κ2) is 11.3. The first-order chi connectivity index (χ1) is 25.3. The van der Waals surface area contributed by atoms with Crippen molar-refractivity contribution in [2.24, 2.45) is 4.99 Å². The number of rotatable bonds is 4. The van der Waals surface area contributed by atoms with Gasteiger partial charge in [0.15, 0.2) is 0 Å². The molecule has 6 aromatic carbocycles. The minimum Gasteiger partial charge on any atom is -0.460 e. The van der Waals surface area contributed by atoms with E-state index in [1.165, 1.54) is 31.3 Å². The third-order valence-electron chi connectivity index (χ3n) is 10.4. The van der Waals surface area contributed by atoms with Crippen molar-refractivity contribution >= 4 is 76.3 Å². The maximum absolute atomic E-state index is 6.56. The van der Waals surface area contributed by atoms with E-state index in [4.69, 9.17) is 13.8 Å². The van der Waals surface area contributed by atoms with Crippen LogP contribution in [0.3, 0.4) is 0 Å². The van der Waals surface area contributed by atoms with Gasteiger partial charge >= 0.3 is 0 Å². The highest BCUT2D eigenvalue weighted by Gasteiger charge is 2.29. The number of allylic oxidation sites excluding steroid dienone is 1. The van der Waals surface area contributed by atoms with Crippen molar-refractivity contribution in [2.75, 3.05) is 0 Å². The van der Waals surface area contributed by atoms with Gasteiger partial charge in [-0.25, -0.2) is 4.99 Å². The topological polar surface area (TPSA) is 62.7 Å². The van der Waals surface area contributed by atoms with Crippen molar-refractivity contribution in [1.29, 1.82) is 0 Å². The lowest BCUT2D eigenvalue weighted by molar-refractivity contribution is 0.406. The normalized spacial score (nSPS) is 17.4. The van der Waals surface area contributed by atoms with Gasteiger partial charge in [-0.3, -0.25) is 5.32 Å². The third kappa shape index (κ3) is 4.54. The SMILES string of the molecule is C1=Cc2c(oc3c(C4NC(c5ccccc5)=NC(c5ccc6c(c5)sc5c(-c7cccc8c7oc7ccccc78)cccc56)N4)cccc23)CC1. The van der Waals surface area contributed by atoms with Gasteiger partial charge in [0.2, 0.25) is 0 Å². The molecule has 5 nitrogen and oxygen atoms in total. The molecule has 0 radical (unpaired) electrons. The Kier molecular flexibility index (Phi) is 6.38. The van der Waals surface area contributed by atoms with Crippen LogP contribution < -0.4 is 10.6 Å². The molecular weight excluding hydrogens is 647 g/mol. The van der Waals surface area contributed by atoms with Crippen LogP contribution >= 0.6 is 11.3 Å². The smallest absolute Gasteiger partial charge is 0.143 e. The van der Waals surface area contributed by atoms with Crippen LogP contribution in [0.15, 0.2) is 147 Å². The molecule has 3 aromatic heterocycles. The number of aliphatic imine (C=N–C) groups is 1. The number of hydrogen-bond acceptors (Lipinski definition) is 6. The maximum Gasteiger partial charge on any atom is 0.143 e. The van der Waals surface area contributed by atoms with E-state index in [0.717, 1.165) is 79.6 Å². The van der Waals surface area contributed by atoms with Crippen LogP contribution in [0, 0.1) is 0 Å². The number of nitrogens with zero attached hydrogens (tertiary/aromatic N) is 1. The number of hydrogen-bond donors (Lipinski definition) is 2. The molecule has 6 heteroatoms. The summed E-state index contributed by atoms with van der Waals surface area (Å²) >= 11 is 1.83. The number of furan rings is 2. The van der Waals surface area contributed by atoms with Gasteiger partial charge in [-0.1, -0.05) is 127 Å². The van der Waals surface area contributed by atoms with Gasteiger partial charge in [-0.05, 0) is 24.1 Å². The maximum atomic E-state index is 6.56. The molecule has 0 saturated carbocycles. The quantitative estimate of drug-likeness (QED) is 0.195. The Hall–Kier alpha value is -5.95. The van der Waals surface area contributed by atoms with Gasteiger partial charge in [-0.2, -0.15) is 0 Å². The summed E-state index contributed by atoms with van der Waals surface area (Å²) in [5.74, 6) is 1.92. The van der Waals surface area contributed by atoms with E-state index in [1.807, 2.05) is 29.5 Å². The minimum atomic E-state index is -0.274. The molecule has 0 bridgehead atoms. The molecule has 0 fully saturated rings. The molecule has 2 N–H and O–H groups in total. The van der Waals surface area contributed by atoms with E-state index in [1.54, 1.807) is 0 Å². The highest BCUT2D eigenvalue weighted by Crippen LogP contribution is 2.44. The van der Waals surface area contributed by atoms with Crippen molar-refractivity contribution in [3.05, 3.63) is 161 Å². The van der Waals surface area contributed by atoms with Crippen LogP contribution in [-0.4, -0.2) is 5.84 Å². The fraction of sp³-hybridized carbons (Fsp3) is 0.0889. The molecule has 0 spiro atoms. The Morgan fingerprint density at radius 1 is 0.667 bits per heavy atom. The fourth-order valence-corrected chi connectivity index (χ4v) is 9.29. The van der Waals surface area contributed by atoms with Crippen LogP contribution in [0.5, 0.6) is 0 Å².